The van der Waals surface area contributed by atoms with E-state index in [4.69, 9.17) is 5.11 Å². The molecule has 0 saturated heterocycles. The molecule has 3 nitrogen and oxygen atoms in total. The molecule has 0 atom stereocenters. The number of carboxylic acid groups (broad SMARTS) is 1. The first-order valence-corrected chi connectivity index (χ1v) is 7.33. The van der Waals surface area contributed by atoms with E-state index in [1.165, 1.54) is 12.1 Å². The number of nitrogens with zero attached hydrogens (tertiary/aromatic N) is 1. The van der Waals surface area contributed by atoms with E-state index < -0.39 is 5.97 Å². The Balaban J connectivity index is 1.99. The third-order valence-electron chi connectivity index (χ3n) is 2.96. The smallest absolute Gasteiger partial charge is 0.328 e. The van der Waals surface area contributed by atoms with Crippen LogP contribution in [0.4, 0.5) is 4.39 Å². The van der Waals surface area contributed by atoms with Gasteiger partial charge in [-0.25, -0.2) is 9.18 Å². The van der Waals surface area contributed by atoms with Crippen molar-refractivity contribution in [3.05, 3.63) is 63.6 Å². The van der Waals surface area contributed by atoms with E-state index in [2.05, 4.69) is 4.90 Å². The summed E-state index contributed by atoms with van der Waals surface area (Å²) >= 11 is 1.60. The summed E-state index contributed by atoms with van der Waals surface area (Å²) < 4.78 is 12.9. The van der Waals surface area contributed by atoms with Gasteiger partial charge >= 0.3 is 5.97 Å². The molecule has 1 aromatic carbocycles. The molecule has 0 fully saturated rings. The van der Waals surface area contributed by atoms with Crippen molar-refractivity contribution in [2.45, 2.75) is 13.1 Å². The first-order valence-electron chi connectivity index (χ1n) is 6.45. The van der Waals surface area contributed by atoms with Crippen LogP contribution in [0.15, 0.2) is 41.8 Å². The third kappa shape index (κ3) is 4.81. The van der Waals surface area contributed by atoms with Gasteiger partial charge < -0.3 is 5.11 Å². The zero-order chi connectivity index (χ0) is 15.2. The first kappa shape index (κ1) is 15.4. The van der Waals surface area contributed by atoms with Gasteiger partial charge in [0, 0.05) is 24.0 Å². The van der Waals surface area contributed by atoms with Gasteiger partial charge in [0.1, 0.15) is 5.82 Å². The van der Waals surface area contributed by atoms with Gasteiger partial charge in [-0.1, -0.05) is 12.1 Å². The molecule has 2 aromatic rings. The molecule has 110 valence electrons. The summed E-state index contributed by atoms with van der Waals surface area (Å²) in [6.45, 7) is 1.43. The number of hydrogen-bond donors (Lipinski definition) is 1. The Morgan fingerprint density at radius 3 is 2.67 bits per heavy atom. The van der Waals surface area contributed by atoms with Crippen molar-refractivity contribution in [1.29, 1.82) is 0 Å². The Bertz CT molecular complexity index is 634. The molecule has 0 amide bonds. The van der Waals surface area contributed by atoms with Gasteiger partial charge in [-0.2, -0.15) is 0 Å². The Morgan fingerprint density at radius 2 is 2.00 bits per heavy atom. The lowest BCUT2D eigenvalue weighted by molar-refractivity contribution is -0.131. The lowest BCUT2D eigenvalue weighted by atomic mass is 10.2. The van der Waals surface area contributed by atoms with E-state index >= 15 is 0 Å². The minimum atomic E-state index is -0.952. The summed E-state index contributed by atoms with van der Waals surface area (Å²) in [6.07, 6.45) is 2.76. The van der Waals surface area contributed by atoms with E-state index in [1.54, 1.807) is 29.5 Å². The van der Waals surface area contributed by atoms with E-state index in [0.717, 1.165) is 22.1 Å². The number of rotatable bonds is 6. The average Bonchev–Trinajstić information content (AvgIpc) is 2.86. The Hall–Kier alpha value is -1.98. The van der Waals surface area contributed by atoms with Crippen molar-refractivity contribution in [3.63, 3.8) is 0 Å². The zero-order valence-corrected chi connectivity index (χ0v) is 12.4. The fraction of sp³-hybridized carbons (Fsp3) is 0.188. The molecule has 1 heterocycles. The van der Waals surface area contributed by atoms with Gasteiger partial charge in [0.2, 0.25) is 0 Å². The topological polar surface area (TPSA) is 40.5 Å². The molecule has 1 N–H and O–H groups in total. The van der Waals surface area contributed by atoms with Crippen molar-refractivity contribution in [1.82, 2.24) is 4.90 Å². The molecule has 0 bridgehead atoms. The van der Waals surface area contributed by atoms with Crippen molar-refractivity contribution < 1.29 is 14.3 Å². The van der Waals surface area contributed by atoms with Gasteiger partial charge in [-0.05, 0) is 47.8 Å². The van der Waals surface area contributed by atoms with Crippen LogP contribution in [0.1, 0.15) is 16.0 Å². The normalized spacial score (nSPS) is 11.4. The summed E-state index contributed by atoms with van der Waals surface area (Å²) in [5.74, 6) is -1.19. The molecule has 2 rings (SSSR count). The lowest BCUT2D eigenvalue weighted by Crippen LogP contribution is -2.17. The largest absolute Gasteiger partial charge is 0.478 e. The summed E-state index contributed by atoms with van der Waals surface area (Å²) in [6, 6.07) is 8.35. The van der Waals surface area contributed by atoms with Gasteiger partial charge in [0.05, 0.1) is 0 Å². The van der Waals surface area contributed by atoms with E-state index in [0.29, 0.717) is 13.1 Å². The highest BCUT2D eigenvalue weighted by Crippen LogP contribution is 2.20. The number of aliphatic carboxylic acids is 1. The van der Waals surface area contributed by atoms with Crippen LogP contribution in [-0.4, -0.2) is 23.0 Å². The summed E-state index contributed by atoms with van der Waals surface area (Å²) in [7, 11) is 1.98. The molecule has 0 saturated carbocycles. The van der Waals surface area contributed by atoms with Crippen molar-refractivity contribution in [2.24, 2.45) is 0 Å². The van der Waals surface area contributed by atoms with E-state index in [1.807, 2.05) is 18.5 Å². The van der Waals surface area contributed by atoms with Gasteiger partial charge in [0.25, 0.3) is 0 Å². The van der Waals surface area contributed by atoms with Crippen LogP contribution in [0.3, 0.4) is 0 Å². The monoisotopic (exact) mass is 305 g/mol. The van der Waals surface area contributed by atoms with Gasteiger partial charge in [-0.15, -0.1) is 11.3 Å². The van der Waals surface area contributed by atoms with E-state index in [9.17, 15) is 9.18 Å². The number of halogens is 1. The molecule has 0 unspecified atom stereocenters. The van der Waals surface area contributed by atoms with Gasteiger partial charge in [0.15, 0.2) is 0 Å². The minimum Gasteiger partial charge on any atom is -0.478 e. The average molecular weight is 305 g/mol. The second-order valence-corrected chi connectivity index (χ2v) is 5.77. The van der Waals surface area contributed by atoms with Crippen LogP contribution in [0.25, 0.3) is 6.08 Å². The quantitative estimate of drug-likeness (QED) is 0.829. The molecule has 0 aliphatic carbocycles. The number of carboxylic acids is 1. The standard InChI is InChI=1S/C16H16FNO2S/c1-18(10-12-2-5-14(17)6-3-12)11-15-13(8-9-21-15)4-7-16(19)20/h2-9H,10-11H2,1H3,(H,19,20). The van der Waals surface area contributed by atoms with Crippen LogP contribution in [0.2, 0.25) is 0 Å². The highest BCUT2D eigenvalue weighted by molar-refractivity contribution is 7.10. The van der Waals surface area contributed by atoms with Crippen LogP contribution in [0.5, 0.6) is 0 Å². The molecule has 0 spiro atoms. The second-order valence-electron chi connectivity index (χ2n) is 4.77. The van der Waals surface area contributed by atoms with Gasteiger partial charge in [-0.3, -0.25) is 4.90 Å². The number of carbonyl (C=O) groups is 1. The van der Waals surface area contributed by atoms with Crippen LogP contribution in [-0.2, 0) is 17.9 Å². The van der Waals surface area contributed by atoms with Crippen LogP contribution >= 0.6 is 11.3 Å². The highest BCUT2D eigenvalue weighted by atomic mass is 32.1. The minimum absolute atomic E-state index is 0.235. The molecule has 21 heavy (non-hydrogen) atoms. The Labute approximate surface area is 127 Å². The molecular weight excluding hydrogens is 289 g/mol. The SMILES string of the molecule is CN(Cc1ccc(F)cc1)Cc1sccc1C=CC(=O)O. The fourth-order valence-corrected chi connectivity index (χ4v) is 2.94. The summed E-state index contributed by atoms with van der Waals surface area (Å²) in [5, 5.41) is 10.6. The van der Waals surface area contributed by atoms with Crippen molar-refractivity contribution in [2.75, 3.05) is 7.05 Å². The predicted molar refractivity (Wildman–Crippen MR) is 82.6 cm³/mol. The Kier molecular flexibility index (Phi) is 5.25. The van der Waals surface area contributed by atoms with Crippen LogP contribution < -0.4 is 0 Å². The molecule has 0 aliphatic rings. The molecular formula is C16H16FNO2S. The lowest BCUT2D eigenvalue weighted by Gasteiger charge is -2.16. The van der Waals surface area contributed by atoms with Crippen molar-refractivity contribution >= 4 is 23.4 Å². The maximum Gasteiger partial charge on any atom is 0.328 e. The maximum atomic E-state index is 12.9. The number of thiophene rings is 1. The fourth-order valence-electron chi connectivity index (χ4n) is 1.99. The third-order valence-corrected chi connectivity index (χ3v) is 3.89. The highest BCUT2D eigenvalue weighted by Gasteiger charge is 2.07. The summed E-state index contributed by atoms with van der Waals surface area (Å²) in [4.78, 5) is 13.8. The van der Waals surface area contributed by atoms with Crippen molar-refractivity contribution in [3.8, 4) is 0 Å². The molecule has 0 aliphatic heterocycles. The Morgan fingerprint density at radius 1 is 1.29 bits per heavy atom. The first-order chi connectivity index (χ1) is 10.0. The second kappa shape index (κ2) is 7.15. The zero-order valence-electron chi connectivity index (χ0n) is 11.6. The van der Waals surface area contributed by atoms with E-state index in [-0.39, 0.29) is 5.82 Å². The number of hydrogen-bond acceptors (Lipinski definition) is 3. The molecule has 5 heteroatoms. The maximum absolute atomic E-state index is 12.9. The molecule has 0 radical (unpaired) electrons. The molecule has 1 aromatic heterocycles. The summed E-state index contributed by atoms with van der Waals surface area (Å²) in [5.41, 5.74) is 1.96. The number of benzene rings is 1. The predicted octanol–water partition coefficient (Wildman–Crippen LogP) is 3.62. The van der Waals surface area contributed by atoms with Crippen LogP contribution in [0, 0.1) is 5.82 Å².